The van der Waals surface area contributed by atoms with Crippen molar-refractivity contribution in [2.75, 3.05) is 18.0 Å². The van der Waals surface area contributed by atoms with E-state index in [1.54, 1.807) is 6.92 Å². The van der Waals surface area contributed by atoms with Gasteiger partial charge in [0.05, 0.1) is 11.8 Å². The molecule has 0 bridgehead atoms. The highest BCUT2D eigenvalue weighted by Gasteiger charge is 2.11. The van der Waals surface area contributed by atoms with E-state index < -0.39 is 6.10 Å². The molecule has 0 saturated heterocycles. The van der Waals surface area contributed by atoms with E-state index >= 15 is 0 Å². The zero-order valence-corrected chi connectivity index (χ0v) is 13.9. The highest BCUT2D eigenvalue weighted by molar-refractivity contribution is 9.10. The van der Waals surface area contributed by atoms with Gasteiger partial charge in [-0.3, -0.25) is 0 Å². The molecule has 1 N–H and O–H groups in total. The van der Waals surface area contributed by atoms with Gasteiger partial charge in [0, 0.05) is 17.6 Å². The minimum absolute atomic E-state index is 0.412. The highest BCUT2D eigenvalue weighted by atomic mass is 79.9. The van der Waals surface area contributed by atoms with Crippen molar-refractivity contribution in [3.05, 3.63) is 28.2 Å². The third kappa shape index (κ3) is 5.15. The van der Waals surface area contributed by atoms with Gasteiger partial charge in [-0.15, -0.1) is 0 Å². The molecule has 1 aromatic rings. The van der Waals surface area contributed by atoms with Crippen molar-refractivity contribution in [2.24, 2.45) is 0 Å². The lowest BCUT2D eigenvalue weighted by Gasteiger charge is -2.26. The van der Waals surface area contributed by atoms with Crippen LogP contribution in [0.5, 0.6) is 0 Å². The molecule has 0 amide bonds. The minimum atomic E-state index is -0.412. The van der Waals surface area contributed by atoms with Crippen LogP contribution in [0.1, 0.15) is 58.1 Å². The van der Waals surface area contributed by atoms with E-state index in [4.69, 9.17) is 0 Å². The number of unbranched alkanes of at least 4 members (excludes halogenated alkanes) is 2. The second-order valence-electron chi connectivity index (χ2n) is 5.08. The quantitative estimate of drug-likeness (QED) is 0.733. The summed E-state index contributed by atoms with van der Waals surface area (Å²) in [6, 6.07) is 6.18. The minimum Gasteiger partial charge on any atom is -0.389 e. The second kappa shape index (κ2) is 8.60. The van der Waals surface area contributed by atoms with Gasteiger partial charge in [0.15, 0.2) is 0 Å². The highest BCUT2D eigenvalue weighted by Crippen LogP contribution is 2.30. The van der Waals surface area contributed by atoms with Gasteiger partial charge in [-0.1, -0.05) is 32.8 Å². The van der Waals surface area contributed by atoms with Crippen LogP contribution in [0.3, 0.4) is 0 Å². The Balaban J connectivity index is 2.87. The van der Waals surface area contributed by atoms with Crippen LogP contribution in [0.4, 0.5) is 5.69 Å². The van der Waals surface area contributed by atoms with Crippen molar-refractivity contribution in [3.63, 3.8) is 0 Å². The van der Waals surface area contributed by atoms with Gasteiger partial charge in [-0.05, 0) is 53.4 Å². The van der Waals surface area contributed by atoms with Crippen molar-refractivity contribution in [1.82, 2.24) is 0 Å². The lowest BCUT2D eigenvalue weighted by Crippen LogP contribution is -2.26. The number of halogens is 1. The number of rotatable bonds is 8. The Bertz CT molecular complexity index is 371. The Labute approximate surface area is 126 Å². The number of benzene rings is 1. The van der Waals surface area contributed by atoms with E-state index in [1.165, 1.54) is 31.4 Å². The molecule has 2 nitrogen and oxygen atoms in total. The summed E-state index contributed by atoms with van der Waals surface area (Å²) in [7, 11) is 0. The first-order valence-corrected chi connectivity index (χ1v) is 8.11. The fourth-order valence-corrected chi connectivity index (χ4v) is 2.74. The second-order valence-corrected chi connectivity index (χ2v) is 5.94. The molecule has 0 unspecified atom stereocenters. The largest absolute Gasteiger partial charge is 0.389 e. The number of hydrogen-bond donors (Lipinski definition) is 1. The Morgan fingerprint density at radius 2 is 1.74 bits per heavy atom. The molecule has 0 aliphatic carbocycles. The fraction of sp³-hybridized carbons (Fsp3) is 0.625. The Morgan fingerprint density at radius 3 is 2.16 bits per heavy atom. The average Bonchev–Trinajstić information content (AvgIpc) is 2.39. The average molecular weight is 328 g/mol. The third-order valence-electron chi connectivity index (χ3n) is 3.36. The van der Waals surface area contributed by atoms with Crippen molar-refractivity contribution in [1.29, 1.82) is 0 Å². The van der Waals surface area contributed by atoms with E-state index in [1.807, 2.05) is 12.1 Å². The van der Waals surface area contributed by atoms with Gasteiger partial charge < -0.3 is 10.0 Å². The molecule has 0 spiro atoms. The topological polar surface area (TPSA) is 23.5 Å². The van der Waals surface area contributed by atoms with Gasteiger partial charge in [-0.25, -0.2) is 0 Å². The van der Waals surface area contributed by atoms with Crippen LogP contribution in [0.2, 0.25) is 0 Å². The monoisotopic (exact) mass is 327 g/mol. The summed E-state index contributed by atoms with van der Waals surface area (Å²) in [5.74, 6) is 0. The van der Waals surface area contributed by atoms with Crippen molar-refractivity contribution in [2.45, 2.75) is 52.6 Å². The molecule has 0 heterocycles. The van der Waals surface area contributed by atoms with Crippen molar-refractivity contribution < 1.29 is 5.11 Å². The summed E-state index contributed by atoms with van der Waals surface area (Å²) in [6.07, 6.45) is 4.45. The maximum atomic E-state index is 9.63. The maximum Gasteiger partial charge on any atom is 0.0762 e. The molecule has 0 radical (unpaired) electrons. The molecular formula is C16H26BrNO. The summed E-state index contributed by atoms with van der Waals surface area (Å²) >= 11 is 3.65. The molecule has 0 fully saturated rings. The molecular weight excluding hydrogens is 302 g/mol. The first-order chi connectivity index (χ1) is 9.10. The number of anilines is 1. The van der Waals surface area contributed by atoms with Gasteiger partial charge in [0.1, 0.15) is 0 Å². The third-order valence-corrected chi connectivity index (χ3v) is 3.99. The molecule has 1 atom stereocenters. The van der Waals surface area contributed by atoms with Crippen LogP contribution >= 0.6 is 15.9 Å². The summed E-state index contributed by atoms with van der Waals surface area (Å²) in [4.78, 5) is 2.45. The lowest BCUT2D eigenvalue weighted by molar-refractivity contribution is 0.199. The molecule has 3 heteroatoms. The van der Waals surface area contributed by atoms with Crippen LogP contribution in [0.25, 0.3) is 0 Å². The van der Waals surface area contributed by atoms with Gasteiger partial charge in [0.25, 0.3) is 0 Å². The fourth-order valence-electron chi connectivity index (χ4n) is 2.09. The molecule has 19 heavy (non-hydrogen) atoms. The van der Waals surface area contributed by atoms with Gasteiger partial charge in [0.2, 0.25) is 0 Å². The van der Waals surface area contributed by atoms with E-state index in [9.17, 15) is 5.11 Å². The van der Waals surface area contributed by atoms with E-state index in [2.05, 4.69) is 40.7 Å². The molecule has 0 aliphatic rings. The molecule has 1 aromatic carbocycles. The lowest BCUT2D eigenvalue weighted by atomic mass is 10.1. The predicted molar refractivity (Wildman–Crippen MR) is 86.8 cm³/mol. The Hall–Kier alpha value is -0.540. The maximum absolute atomic E-state index is 9.63. The molecule has 0 aromatic heterocycles. The molecule has 0 aliphatic heterocycles. The SMILES string of the molecule is CCCCN(CCCC)c1ccc([C@@H](C)O)cc1Br. The van der Waals surface area contributed by atoms with E-state index in [-0.39, 0.29) is 0 Å². The van der Waals surface area contributed by atoms with Crippen LogP contribution in [-0.2, 0) is 0 Å². The Morgan fingerprint density at radius 1 is 1.16 bits per heavy atom. The molecule has 1 rings (SSSR count). The van der Waals surface area contributed by atoms with E-state index in [0.29, 0.717) is 0 Å². The standard InChI is InChI=1S/C16H26BrNO/c1-4-6-10-18(11-7-5-2)16-9-8-14(13(3)19)12-15(16)17/h8-9,12-13,19H,4-7,10-11H2,1-3H3/t13-/m1/s1. The summed E-state index contributed by atoms with van der Waals surface area (Å²) < 4.78 is 1.08. The number of nitrogens with zero attached hydrogens (tertiary/aromatic N) is 1. The van der Waals surface area contributed by atoms with Crippen molar-refractivity contribution >= 4 is 21.6 Å². The smallest absolute Gasteiger partial charge is 0.0762 e. The number of hydrogen-bond acceptors (Lipinski definition) is 2. The Kier molecular flexibility index (Phi) is 7.47. The van der Waals surface area contributed by atoms with Gasteiger partial charge >= 0.3 is 0 Å². The zero-order chi connectivity index (χ0) is 14.3. The number of aliphatic hydroxyl groups is 1. The summed E-state index contributed by atoms with van der Waals surface area (Å²) in [6.45, 7) is 8.45. The van der Waals surface area contributed by atoms with E-state index in [0.717, 1.165) is 23.1 Å². The van der Waals surface area contributed by atoms with Crippen LogP contribution in [-0.4, -0.2) is 18.2 Å². The first-order valence-electron chi connectivity index (χ1n) is 7.32. The summed E-state index contributed by atoms with van der Waals surface area (Å²) in [5, 5.41) is 9.63. The zero-order valence-electron chi connectivity index (χ0n) is 12.3. The van der Waals surface area contributed by atoms with Gasteiger partial charge in [-0.2, -0.15) is 0 Å². The van der Waals surface area contributed by atoms with Crippen LogP contribution < -0.4 is 4.90 Å². The predicted octanol–water partition coefficient (Wildman–Crippen LogP) is 4.91. The first kappa shape index (κ1) is 16.5. The normalized spacial score (nSPS) is 12.5. The number of aliphatic hydroxyl groups excluding tert-OH is 1. The summed E-state index contributed by atoms with van der Waals surface area (Å²) in [5.41, 5.74) is 2.20. The molecule has 0 saturated carbocycles. The van der Waals surface area contributed by atoms with Crippen LogP contribution in [0.15, 0.2) is 22.7 Å². The van der Waals surface area contributed by atoms with Crippen molar-refractivity contribution in [3.8, 4) is 0 Å². The van der Waals surface area contributed by atoms with Crippen LogP contribution in [0, 0.1) is 0 Å². The molecule has 108 valence electrons.